The summed E-state index contributed by atoms with van der Waals surface area (Å²) >= 11 is 0. The lowest BCUT2D eigenvalue weighted by molar-refractivity contribution is -0.137. The van der Waals surface area contributed by atoms with Crippen LogP contribution in [0.15, 0.2) is 11.8 Å². The molecule has 1 N–H and O–H groups in total. The molecule has 0 spiro atoms. The Balaban J connectivity index is 3.11. The summed E-state index contributed by atoms with van der Waals surface area (Å²) in [5.74, 6) is -0.655. The van der Waals surface area contributed by atoms with Crippen molar-refractivity contribution in [3.63, 3.8) is 0 Å². The average Bonchev–Trinajstić information content (AvgIpc) is 2.56. The van der Waals surface area contributed by atoms with E-state index in [0.717, 1.165) is 12.8 Å². The van der Waals surface area contributed by atoms with Gasteiger partial charge in [0.1, 0.15) is 0 Å². The summed E-state index contributed by atoms with van der Waals surface area (Å²) in [6.45, 7) is 5.49. The predicted molar refractivity (Wildman–Crippen MR) is 114 cm³/mol. The minimum Gasteiger partial charge on any atom is -0.481 e. The maximum atomic E-state index is 10.4. The average molecular weight is 368 g/mol. The molecule has 0 aromatic rings. The largest absolute Gasteiger partial charge is 0.481 e. The smallest absolute Gasteiger partial charge is 0.303 e. The lowest BCUT2D eigenvalue weighted by Gasteiger charge is -2.14. The van der Waals surface area contributed by atoms with Gasteiger partial charge in [0, 0.05) is 20.0 Å². The fourth-order valence-corrected chi connectivity index (χ4v) is 3.44. The van der Waals surface area contributed by atoms with Gasteiger partial charge in [0.25, 0.3) is 0 Å². The second-order valence-corrected chi connectivity index (χ2v) is 8.13. The van der Waals surface area contributed by atoms with E-state index in [2.05, 4.69) is 32.0 Å². The van der Waals surface area contributed by atoms with Crippen molar-refractivity contribution in [3.8, 4) is 0 Å². The minimum absolute atomic E-state index is 0.340. The first-order valence-corrected chi connectivity index (χ1v) is 11.1. The van der Waals surface area contributed by atoms with Gasteiger partial charge < -0.3 is 10.0 Å². The number of aliphatic carboxylic acids is 1. The van der Waals surface area contributed by atoms with Gasteiger partial charge in [0.15, 0.2) is 0 Å². The SMILES string of the molecule is CC(C)=CN(C)CCCCCCCCCCCCCCCCCC(=O)O. The van der Waals surface area contributed by atoms with E-state index in [0.29, 0.717) is 6.42 Å². The molecule has 0 bridgehead atoms. The zero-order valence-electron chi connectivity index (χ0n) is 17.9. The van der Waals surface area contributed by atoms with E-state index in [-0.39, 0.29) is 0 Å². The quantitative estimate of drug-likeness (QED) is 0.246. The Morgan fingerprint density at radius 2 is 1.04 bits per heavy atom. The molecule has 26 heavy (non-hydrogen) atoms. The number of allylic oxidation sites excluding steroid dienone is 1. The molecule has 0 aliphatic heterocycles. The maximum Gasteiger partial charge on any atom is 0.303 e. The standard InChI is InChI=1S/C23H45NO2/c1-22(2)21-24(3)20-18-16-14-12-10-8-6-4-5-7-9-11-13-15-17-19-23(25)26/h21H,4-20H2,1-3H3,(H,25,26). The molecule has 0 saturated carbocycles. The summed E-state index contributed by atoms with van der Waals surface area (Å²) in [4.78, 5) is 12.7. The molecule has 0 radical (unpaired) electrons. The highest BCUT2D eigenvalue weighted by Gasteiger charge is 1.97. The Labute approximate surface area is 163 Å². The molecule has 0 aliphatic rings. The summed E-state index contributed by atoms with van der Waals surface area (Å²) in [6.07, 6.45) is 22.2. The van der Waals surface area contributed by atoms with Gasteiger partial charge in [-0.25, -0.2) is 0 Å². The number of carboxylic acid groups (broad SMARTS) is 1. The van der Waals surface area contributed by atoms with Crippen LogP contribution in [0.2, 0.25) is 0 Å². The Morgan fingerprint density at radius 1 is 0.692 bits per heavy atom. The normalized spacial score (nSPS) is 10.7. The van der Waals surface area contributed by atoms with Crippen molar-refractivity contribution < 1.29 is 9.90 Å². The number of carboxylic acids is 1. The van der Waals surface area contributed by atoms with E-state index in [1.165, 1.54) is 95.6 Å². The molecule has 0 unspecified atom stereocenters. The van der Waals surface area contributed by atoms with Gasteiger partial charge in [-0.1, -0.05) is 89.0 Å². The number of carbonyl (C=O) groups is 1. The van der Waals surface area contributed by atoms with Gasteiger partial charge in [-0.15, -0.1) is 0 Å². The van der Waals surface area contributed by atoms with Crippen LogP contribution in [-0.4, -0.2) is 29.6 Å². The highest BCUT2D eigenvalue weighted by atomic mass is 16.4. The first-order valence-electron chi connectivity index (χ1n) is 11.1. The van der Waals surface area contributed by atoms with Crippen LogP contribution in [0, 0.1) is 0 Å². The Bertz CT molecular complexity index is 348. The maximum absolute atomic E-state index is 10.4. The summed E-state index contributed by atoms with van der Waals surface area (Å²) < 4.78 is 0. The number of rotatable bonds is 19. The zero-order valence-corrected chi connectivity index (χ0v) is 17.9. The molecule has 0 aromatic heterocycles. The van der Waals surface area contributed by atoms with Crippen LogP contribution in [0.3, 0.4) is 0 Å². The van der Waals surface area contributed by atoms with Crippen molar-refractivity contribution in [2.24, 2.45) is 0 Å². The molecule has 3 heteroatoms. The van der Waals surface area contributed by atoms with Gasteiger partial charge in [-0.3, -0.25) is 4.79 Å². The molecule has 154 valence electrons. The lowest BCUT2D eigenvalue weighted by Crippen LogP contribution is -2.12. The van der Waals surface area contributed by atoms with E-state index >= 15 is 0 Å². The first-order chi connectivity index (χ1) is 12.5. The third kappa shape index (κ3) is 21.1. The van der Waals surface area contributed by atoms with Gasteiger partial charge >= 0.3 is 5.97 Å². The summed E-state index contributed by atoms with van der Waals surface area (Å²) in [5, 5.41) is 8.57. The summed E-state index contributed by atoms with van der Waals surface area (Å²) in [6, 6.07) is 0. The minimum atomic E-state index is -0.655. The second-order valence-electron chi connectivity index (χ2n) is 8.13. The van der Waals surface area contributed by atoms with Crippen LogP contribution in [0.5, 0.6) is 0 Å². The van der Waals surface area contributed by atoms with Gasteiger partial charge in [-0.05, 0) is 32.9 Å². The van der Waals surface area contributed by atoms with Crippen LogP contribution in [0.1, 0.15) is 117 Å². The molecule has 0 fully saturated rings. The van der Waals surface area contributed by atoms with Crippen molar-refractivity contribution in [1.29, 1.82) is 0 Å². The molecule has 3 nitrogen and oxygen atoms in total. The molecule has 0 atom stereocenters. The topological polar surface area (TPSA) is 40.5 Å². The van der Waals surface area contributed by atoms with Crippen molar-refractivity contribution in [1.82, 2.24) is 4.90 Å². The lowest BCUT2D eigenvalue weighted by atomic mass is 10.0. The molecule has 0 aromatic carbocycles. The molecule has 0 rings (SSSR count). The third-order valence-electron chi connectivity index (χ3n) is 4.88. The highest BCUT2D eigenvalue weighted by molar-refractivity contribution is 5.66. The van der Waals surface area contributed by atoms with Gasteiger partial charge in [-0.2, -0.15) is 0 Å². The second kappa shape index (κ2) is 18.8. The summed E-state index contributed by atoms with van der Waals surface area (Å²) in [5.41, 5.74) is 1.38. The molecular weight excluding hydrogens is 322 g/mol. The molecule has 0 amide bonds. The zero-order chi connectivity index (χ0) is 19.5. The van der Waals surface area contributed by atoms with Crippen molar-refractivity contribution in [2.45, 2.75) is 117 Å². The van der Waals surface area contributed by atoms with Crippen LogP contribution in [0.4, 0.5) is 0 Å². The van der Waals surface area contributed by atoms with Crippen LogP contribution in [0.25, 0.3) is 0 Å². The first kappa shape index (κ1) is 25.0. The van der Waals surface area contributed by atoms with Gasteiger partial charge in [0.2, 0.25) is 0 Å². The molecule has 0 aliphatic carbocycles. The van der Waals surface area contributed by atoms with E-state index in [1.54, 1.807) is 0 Å². The number of unbranched alkanes of at least 4 members (excludes halogenated alkanes) is 14. The molecule has 0 heterocycles. The monoisotopic (exact) mass is 367 g/mol. The third-order valence-corrected chi connectivity index (χ3v) is 4.88. The van der Waals surface area contributed by atoms with Crippen LogP contribution < -0.4 is 0 Å². The number of hydrogen-bond acceptors (Lipinski definition) is 2. The van der Waals surface area contributed by atoms with E-state index in [1.807, 2.05) is 0 Å². The summed E-state index contributed by atoms with van der Waals surface area (Å²) in [7, 11) is 2.17. The number of hydrogen-bond donors (Lipinski definition) is 1. The van der Waals surface area contributed by atoms with Gasteiger partial charge in [0.05, 0.1) is 0 Å². The van der Waals surface area contributed by atoms with Crippen LogP contribution in [-0.2, 0) is 4.79 Å². The Morgan fingerprint density at radius 3 is 1.38 bits per heavy atom. The van der Waals surface area contributed by atoms with Crippen molar-refractivity contribution in [2.75, 3.05) is 13.6 Å². The fourth-order valence-electron chi connectivity index (χ4n) is 3.44. The van der Waals surface area contributed by atoms with E-state index in [9.17, 15) is 4.79 Å². The van der Waals surface area contributed by atoms with Crippen molar-refractivity contribution >= 4 is 5.97 Å². The van der Waals surface area contributed by atoms with Crippen LogP contribution >= 0.6 is 0 Å². The predicted octanol–water partition coefficient (Wildman–Crippen LogP) is 7.17. The Kier molecular flexibility index (Phi) is 18.1. The fraction of sp³-hybridized carbons (Fsp3) is 0.870. The number of nitrogens with zero attached hydrogens (tertiary/aromatic N) is 1. The van der Waals surface area contributed by atoms with E-state index < -0.39 is 5.97 Å². The Hall–Kier alpha value is -0.990. The van der Waals surface area contributed by atoms with E-state index in [4.69, 9.17) is 5.11 Å². The van der Waals surface area contributed by atoms with Crippen molar-refractivity contribution in [3.05, 3.63) is 11.8 Å². The highest BCUT2D eigenvalue weighted by Crippen LogP contribution is 2.13. The molecular formula is C23H45NO2. The molecule has 0 saturated heterocycles.